The molecular weight excluding hydrogens is 277 g/mol. The maximum atomic E-state index is 13.3. The van der Waals surface area contributed by atoms with E-state index in [1.807, 2.05) is 0 Å². The molecule has 1 amide bonds. The highest BCUT2D eigenvalue weighted by Crippen LogP contribution is 2.24. The fraction of sp³-hybridized carbons (Fsp3) is 0.500. The van der Waals surface area contributed by atoms with Gasteiger partial charge in [0.2, 0.25) is 5.82 Å². The first kappa shape index (κ1) is 13.9. The van der Waals surface area contributed by atoms with Gasteiger partial charge in [-0.25, -0.2) is 0 Å². The summed E-state index contributed by atoms with van der Waals surface area (Å²) in [6.07, 6.45) is 2.22. The number of carbonyl (C=O) groups is 1. The number of rotatable bonds is 2. The van der Waals surface area contributed by atoms with Crippen LogP contribution in [0.2, 0.25) is 0 Å². The van der Waals surface area contributed by atoms with Gasteiger partial charge in [0.1, 0.15) is 0 Å². The predicted molar refractivity (Wildman–Crippen MR) is 73.6 cm³/mol. The molecule has 0 aromatic heterocycles. The summed E-state index contributed by atoms with van der Waals surface area (Å²) < 4.78 is 13.3. The minimum atomic E-state index is -0.919. The number of carbonyl (C=O) groups excluding carboxylic acids is 1. The number of benzene rings is 1. The van der Waals surface area contributed by atoms with Gasteiger partial charge in [-0.1, -0.05) is 0 Å². The lowest BCUT2D eigenvalue weighted by Gasteiger charge is -2.37. The molecule has 21 heavy (non-hydrogen) atoms. The summed E-state index contributed by atoms with van der Waals surface area (Å²) >= 11 is 0. The van der Waals surface area contributed by atoms with Gasteiger partial charge in [-0.3, -0.25) is 19.8 Å². The van der Waals surface area contributed by atoms with Gasteiger partial charge in [0.05, 0.1) is 4.92 Å². The molecule has 7 heteroatoms. The molecule has 1 atom stereocenters. The minimum Gasteiger partial charge on any atom is -0.336 e. The molecule has 0 spiro atoms. The van der Waals surface area contributed by atoms with Gasteiger partial charge in [0, 0.05) is 37.3 Å². The van der Waals surface area contributed by atoms with Crippen LogP contribution >= 0.6 is 0 Å². The van der Waals surface area contributed by atoms with E-state index in [0.29, 0.717) is 19.1 Å². The number of halogens is 1. The van der Waals surface area contributed by atoms with Gasteiger partial charge in [-0.05, 0) is 31.5 Å². The highest BCUT2D eigenvalue weighted by atomic mass is 19.1. The highest BCUT2D eigenvalue weighted by molar-refractivity contribution is 5.95. The van der Waals surface area contributed by atoms with Gasteiger partial charge in [-0.2, -0.15) is 4.39 Å². The van der Waals surface area contributed by atoms with Crippen LogP contribution in [0.25, 0.3) is 0 Å². The normalized spacial score (nSPS) is 22.1. The van der Waals surface area contributed by atoms with Crippen molar-refractivity contribution in [3.63, 3.8) is 0 Å². The van der Waals surface area contributed by atoms with Crippen molar-refractivity contribution in [1.29, 1.82) is 0 Å². The lowest BCUT2D eigenvalue weighted by Crippen LogP contribution is -2.52. The predicted octanol–water partition coefficient (Wildman–Crippen LogP) is 1.65. The number of hydrogen-bond donors (Lipinski definition) is 0. The number of fused-ring (bicyclic) bond motifs is 1. The molecule has 2 aliphatic rings. The van der Waals surface area contributed by atoms with Crippen LogP contribution in [-0.4, -0.2) is 52.9 Å². The third-order valence-corrected chi connectivity index (χ3v) is 4.26. The highest BCUT2D eigenvalue weighted by Gasteiger charge is 2.33. The van der Waals surface area contributed by atoms with E-state index in [9.17, 15) is 19.3 Å². The van der Waals surface area contributed by atoms with E-state index < -0.39 is 16.4 Å². The zero-order valence-corrected chi connectivity index (χ0v) is 11.5. The van der Waals surface area contributed by atoms with E-state index in [4.69, 9.17) is 0 Å². The summed E-state index contributed by atoms with van der Waals surface area (Å²) in [6, 6.07) is 3.71. The Morgan fingerprint density at radius 2 is 2.14 bits per heavy atom. The number of nitro groups is 1. The van der Waals surface area contributed by atoms with Gasteiger partial charge in [-0.15, -0.1) is 0 Å². The Labute approximate surface area is 121 Å². The first-order valence-electron chi connectivity index (χ1n) is 7.03. The molecule has 1 unspecified atom stereocenters. The van der Waals surface area contributed by atoms with E-state index >= 15 is 0 Å². The largest absolute Gasteiger partial charge is 0.336 e. The van der Waals surface area contributed by atoms with Crippen LogP contribution in [0.1, 0.15) is 23.2 Å². The fourth-order valence-corrected chi connectivity index (χ4v) is 3.14. The summed E-state index contributed by atoms with van der Waals surface area (Å²) in [6.45, 7) is 3.17. The third kappa shape index (κ3) is 2.61. The average Bonchev–Trinajstić information content (AvgIpc) is 2.94. The van der Waals surface area contributed by atoms with Crippen LogP contribution in [-0.2, 0) is 0 Å². The molecule has 3 rings (SSSR count). The Bertz CT molecular complexity index is 593. The van der Waals surface area contributed by atoms with Gasteiger partial charge in [0.15, 0.2) is 0 Å². The minimum absolute atomic E-state index is 0.176. The van der Waals surface area contributed by atoms with Crippen LogP contribution in [0.4, 0.5) is 10.1 Å². The van der Waals surface area contributed by atoms with E-state index in [0.717, 1.165) is 38.1 Å². The Kier molecular flexibility index (Phi) is 3.59. The molecule has 2 aliphatic heterocycles. The Morgan fingerprint density at radius 3 is 2.90 bits per heavy atom. The molecule has 0 radical (unpaired) electrons. The molecule has 2 heterocycles. The first-order valence-corrected chi connectivity index (χ1v) is 7.03. The fourth-order valence-electron chi connectivity index (χ4n) is 3.14. The summed E-state index contributed by atoms with van der Waals surface area (Å²) in [5.41, 5.74) is -0.477. The van der Waals surface area contributed by atoms with Crippen molar-refractivity contribution in [3.05, 3.63) is 39.7 Å². The quantitative estimate of drug-likeness (QED) is 0.614. The van der Waals surface area contributed by atoms with Crippen LogP contribution in [0, 0.1) is 15.9 Å². The third-order valence-electron chi connectivity index (χ3n) is 4.26. The molecule has 1 aromatic rings. The van der Waals surface area contributed by atoms with E-state index in [1.165, 1.54) is 6.07 Å². The molecule has 2 fully saturated rings. The molecule has 0 saturated carbocycles. The van der Waals surface area contributed by atoms with Crippen molar-refractivity contribution in [2.24, 2.45) is 0 Å². The number of nitro benzene ring substituents is 1. The SMILES string of the molecule is O=C(c1ccc(F)c([N+](=O)[O-])c1)N1CCN2CCCC2C1. The van der Waals surface area contributed by atoms with Crippen molar-refractivity contribution in [2.75, 3.05) is 26.2 Å². The average molecular weight is 293 g/mol. The first-order chi connectivity index (χ1) is 10.1. The summed E-state index contributed by atoms with van der Waals surface area (Å²) in [7, 11) is 0. The van der Waals surface area contributed by atoms with Crippen LogP contribution in [0.3, 0.4) is 0 Å². The van der Waals surface area contributed by atoms with Crippen LogP contribution in [0.15, 0.2) is 18.2 Å². The van der Waals surface area contributed by atoms with Gasteiger partial charge in [0.25, 0.3) is 5.91 Å². The summed E-state index contributed by atoms with van der Waals surface area (Å²) in [4.78, 5) is 26.5. The van der Waals surface area contributed by atoms with Crippen LogP contribution < -0.4 is 0 Å². The van der Waals surface area contributed by atoms with E-state index in [-0.39, 0.29) is 11.5 Å². The maximum Gasteiger partial charge on any atom is 0.305 e. The molecule has 112 valence electrons. The number of nitrogens with zero attached hydrogens (tertiary/aromatic N) is 3. The molecule has 0 N–H and O–H groups in total. The van der Waals surface area contributed by atoms with Crippen molar-refractivity contribution >= 4 is 11.6 Å². The van der Waals surface area contributed by atoms with Crippen molar-refractivity contribution in [2.45, 2.75) is 18.9 Å². The summed E-state index contributed by atoms with van der Waals surface area (Å²) in [5, 5.41) is 10.8. The van der Waals surface area contributed by atoms with E-state index in [1.54, 1.807) is 4.90 Å². The van der Waals surface area contributed by atoms with Gasteiger partial charge < -0.3 is 4.90 Å². The zero-order valence-electron chi connectivity index (χ0n) is 11.5. The molecule has 2 saturated heterocycles. The molecule has 0 bridgehead atoms. The number of piperazine rings is 1. The second-order valence-electron chi connectivity index (χ2n) is 5.51. The molecule has 1 aromatic carbocycles. The summed E-state index contributed by atoms with van der Waals surface area (Å²) in [5.74, 6) is -1.18. The smallest absolute Gasteiger partial charge is 0.305 e. The van der Waals surface area contributed by atoms with Crippen molar-refractivity contribution in [3.8, 4) is 0 Å². The standard InChI is InChI=1S/C14H16FN3O3/c15-12-4-3-10(8-13(12)18(20)21)14(19)17-7-6-16-5-1-2-11(16)9-17/h3-4,8,11H,1-2,5-7,9H2. The maximum absolute atomic E-state index is 13.3. The lowest BCUT2D eigenvalue weighted by atomic mass is 10.1. The second-order valence-corrected chi connectivity index (χ2v) is 5.51. The molecular formula is C14H16FN3O3. The number of hydrogen-bond acceptors (Lipinski definition) is 4. The molecule has 6 nitrogen and oxygen atoms in total. The zero-order chi connectivity index (χ0) is 15.0. The number of amides is 1. The van der Waals surface area contributed by atoms with E-state index in [2.05, 4.69) is 4.90 Å². The van der Waals surface area contributed by atoms with Crippen LogP contribution in [0.5, 0.6) is 0 Å². The van der Waals surface area contributed by atoms with Crippen molar-refractivity contribution in [1.82, 2.24) is 9.80 Å². The Morgan fingerprint density at radius 1 is 1.33 bits per heavy atom. The topological polar surface area (TPSA) is 66.7 Å². The second kappa shape index (κ2) is 5.40. The monoisotopic (exact) mass is 293 g/mol. The van der Waals surface area contributed by atoms with Gasteiger partial charge >= 0.3 is 5.69 Å². The Hall–Kier alpha value is -2.02. The van der Waals surface area contributed by atoms with Crippen molar-refractivity contribution < 1.29 is 14.1 Å². The molecule has 0 aliphatic carbocycles. The lowest BCUT2D eigenvalue weighted by molar-refractivity contribution is -0.387. The Balaban J connectivity index is 1.79.